The van der Waals surface area contributed by atoms with E-state index in [1.165, 1.54) is 12.7 Å². The molecule has 0 aliphatic heterocycles. The zero-order valence-corrected chi connectivity index (χ0v) is 10.5. The molecular formula is C11H16N6O. The molecule has 0 atom stereocenters. The van der Waals surface area contributed by atoms with Gasteiger partial charge in [-0.3, -0.25) is 5.10 Å². The minimum absolute atomic E-state index is 0.600. The number of hydrogen-bond donors (Lipinski definition) is 2. The van der Waals surface area contributed by atoms with Crippen LogP contribution in [0.25, 0.3) is 0 Å². The second-order valence-electron chi connectivity index (χ2n) is 3.82. The number of aryl methyl sites for hydroxylation is 1. The number of aromatic nitrogens is 5. The summed E-state index contributed by atoms with van der Waals surface area (Å²) in [7, 11) is 1.60. The highest BCUT2D eigenvalue weighted by molar-refractivity contribution is 5.47. The van der Waals surface area contributed by atoms with E-state index >= 15 is 0 Å². The Balaban J connectivity index is 1.83. The lowest BCUT2D eigenvalue weighted by Crippen LogP contribution is -2.08. The summed E-state index contributed by atoms with van der Waals surface area (Å²) in [4.78, 5) is 12.3. The van der Waals surface area contributed by atoms with Crippen molar-refractivity contribution in [2.75, 3.05) is 19.0 Å². The molecule has 0 aliphatic rings. The predicted molar refractivity (Wildman–Crippen MR) is 66.5 cm³/mol. The van der Waals surface area contributed by atoms with Gasteiger partial charge in [-0.2, -0.15) is 5.10 Å². The minimum Gasteiger partial charge on any atom is -0.481 e. The summed E-state index contributed by atoms with van der Waals surface area (Å²) in [6.07, 6.45) is 4.81. The van der Waals surface area contributed by atoms with Gasteiger partial charge in [0.2, 0.25) is 5.88 Å². The third kappa shape index (κ3) is 2.93. The fraction of sp³-hybridized carbons (Fsp3) is 0.455. The van der Waals surface area contributed by atoms with Crippen LogP contribution in [0.2, 0.25) is 0 Å². The number of aromatic amines is 1. The third-order valence-electron chi connectivity index (χ3n) is 2.58. The molecule has 0 aromatic carbocycles. The first-order chi connectivity index (χ1) is 8.81. The number of nitrogens with zero attached hydrogens (tertiary/aromatic N) is 4. The van der Waals surface area contributed by atoms with Crippen LogP contribution < -0.4 is 10.1 Å². The van der Waals surface area contributed by atoms with Crippen LogP contribution in [0.3, 0.4) is 0 Å². The van der Waals surface area contributed by atoms with Crippen molar-refractivity contribution in [2.45, 2.75) is 19.8 Å². The normalized spacial score (nSPS) is 10.3. The molecule has 96 valence electrons. The van der Waals surface area contributed by atoms with E-state index in [-0.39, 0.29) is 0 Å². The molecule has 0 bridgehead atoms. The zero-order valence-electron chi connectivity index (χ0n) is 10.5. The number of anilines is 1. The van der Waals surface area contributed by atoms with E-state index in [4.69, 9.17) is 4.74 Å². The highest BCUT2D eigenvalue weighted by atomic mass is 16.5. The maximum absolute atomic E-state index is 5.14. The van der Waals surface area contributed by atoms with E-state index < -0.39 is 0 Å². The first-order valence-electron chi connectivity index (χ1n) is 5.75. The Kier molecular flexibility index (Phi) is 4.06. The first kappa shape index (κ1) is 12.3. The van der Waals surface area contributed by atoms with Gasteiger partial charge in [0.1, 0.15) is 24.3 Å². The molecule has 0 fully saturated rings. The van der Waals surface area contributed by atoms with Gasteiger partial charge >= 0.3 is 0 Å². The number of nitrogens with one attached hydrogen (secondary N) is 2. The van der Waals surface area contributed by atoms with Gasteiger partial charge in [-0.1, -0.05) is 0 Å². The molecule has 2 heterocycles. The van der Waals surface area contributed by atoms with Gasteiger partial charge in [0, 0.05) is 13.0 Å². The standard InChI is InChI=1S/C11H16N6O/c1-8-10(14-6-15-11(8)18-2)12-5-3-4-9-13-7-16-17-9/h6-7H,3-5H2,1-2H3,(H,12,14,15)(H,13,16,17). The second kappa shape index (κ2) is 5.95. The molecule has 0 radical (unpaired) electrons. The van der Waals surface area contributed by atoms with Crippen LogP contribution >= 0.6 is 0 Å². The largest absolute Gasteiger partial charge is 0.481 e. The molecule has 2 aromatic rings. The molecule has 0 saturated heterocycles. The Morgan fingerprint density at radius 1 is 1.28 bits per heavy atom. The molecule has 7 nitrogen and oxygen atoms in total. The summed E-state index contributed by atoms with van der Waals surface area (Å²) < 4.78 is 5.14. The van der Waals surface area contributed by atoms with E-state index in [0.29, 0.717) is 5.88 Å². The Bertz CT molecular complexity index is 484. The molecule has 0 unspecified atom stereocenters. The van der Waals surface area contributed by atoms with E-state index in [1.807, 2.05) is 6.92 Å². The average molecular weight is 248 g/mol. The molecule has 7 heteroatoms. The lowest BCUT2D eigenvalue weighted by Gasteiger charge is -2.09. The Labute approximate surface area is 105 Å². The van der Waals surface area contributed by atoms with Crippen molar-refractivity contribution >= 4 is 5.82 Å². The molecule has 0 amide bonds. The van der Waals surface area contributed by atoms with E-state index in [1.54, 1.807) is 7.11 Å². The topological polar surface area (TPSA) is 88.6 Å². The summed E-state index contributed by atoms with van der Waals surface area (Å²) in [5.74, 6) is 2.30. The van der Waals surface area contributed by atoms with Crippen LogP contribution in [-0.4, -0.2) is 38.8 Å². The van der Waals surface area contributed by atoms with Crippen molar-refractivity contribution in [2.24, 2.45) is 0 Å². The summed E-state index contributed by atoms with van der Waals surface area (Å²) in [6.45, 7) is 2.74. The van der Waals surface area contributed by atoms with Crippen molar-refractivity contribution < 1.29 is 4.74 Å². The van der Waals surface area contributed by atoms with E-state index in [2.05, 4.69) is 30.5 Å². The van der Waals surface area contributed by atoms with Gasteiger partial charge in [0.25, 0.3) is 0 Å². The maximum atomic E-state index is 5.14. The molecule has 0 aliphatic carbocycles. The van der Waals surface area contributed by atoms with Gasteiger partial charge in [-0.25, -0.2) is 15.0 Å². The molecule has 2 rings (SSSR count). The number of ether oxygens (including phenoxy) is 1. The SMILES string of the molecule is COc1ncnc(NCCCc2ncn[nH]2)c1C. The summed E-state index contributed by atoms with van der Waals surface area (Å²) >= 11 is 0. The third-order valence-corrected chi connectivity index (χ3v) is 2.58. The number of methoxy groups -OCH3 is 1. The molecule has 18 heavy (non-hydrogen) atoms. The van der Waals surface area contributed by atoms with E-state index in [0.717, 1.165) is 36.6 Å². The van der Waals surface area contributed by atoms with Crippen molar-refractivity contribution in [1.29, 1.82) is 0 Å². The lowest BCUT2D eigenvalue weighted by molar-refractivity contribution is 0.393. The van der Waals surface area contributed by atoms with Gasteiger partial charge < -0.3 is 10.1 Å². The van der Waals surface area contributed by atoms with Crippen LogP contribution in [0.5, 0.6) is 5.88 Å². The molecular weight excluding hydrogens is 232 g/mol. The van der Waals surface area contributed by atoms with Crippen molar-refractivity contribution in [3.8, 4) is 5.88 Å². The van der Waals surface area contributed by atoms with Gasteiger partial charge in [0.15, 0.2) is 0 Å². The summed E-state index contributed by atoms with van der Waals surface area (Å²) in [5.41, 5.74) is 0.916. The van der Waals surface area contributed by atoms with Gasteiger partial charge in [-0.05, 0) is 13.3 Å². The van der Waals surface area contributed by atoms with Crippen molar-refractivity contribution in [1.82, 2.24) is 25.1 Å². The number of rotatable bonds is 6. The molecule has 2 N–H and O–H groups in total. The van der Waals surface area contributed by atoms with Crippen molar-refractivity contribution in [3.05, 3.63) is 24.0 Å². The Hall–Kier alpha value is -2.18. The van der Waals surface area contributed by atoms with Crippen molar-refractivity contribution in [3.63, 3.8) is 0 Å². The van der Waals surface area contributed by atoms with Crippen LogP contribution in [0.1, 0.15) is 17.8 Å². The lowest BCUT2D eigenvalue weighted by atomic mass is 10.3. The monoisotopic (exact) mass is 248 g/mol. The van der Waals surface area contributed by atoms with Crippen LogP contribution in [-0.2, 0) is 6.42 Å². The highest BCUT2D eigenvalue weighted by Gasteiger charge is 2.06. The zero-order chi connectivity index (χ0) is 12.8. The molecule has 2 aromatic heterocycles. The fourth-order valence-corrected chi connectivity index (χ4v) is 1.63. The van der Waals surface area contributed by atoms with E-state index in [9.17, 15) is 0 Å². The summed E-state index contributed by atoms with van der Waals surface area (Å²) in [6, 6.07) is 0. The maximum Gasteiger partial charge on any atom is 0.221 e. The average Bonchev–Trinajstić information content (AvgIpc) is 2.89. The fourth-order valence-electron chi connectivity index (χ4n) is 1.63. The first-order valence-corrected chi connectivity index (χ1v) is 5.75. The Morgan fingerprint density at radius 2 is 2.17 bits per heavy atom. The highest BCUT2D eigenvalue weighted by Crippen LogP contribution is 2.19. The second-order valence-corrected chi connectivity index (χ2v) is 3.82. The molecule has 0 saturated carbocycles. The van der Waals surface area contributed by atoms with Crippen LogP contribution in [0, 0.1) is 6.92 Å². The molecule has 0 spiro atoms. The van der Waals surface area contributed by atoms with Gasteiger partial charge in [-0.15, -0.1) is 0 Å². The smallest absolute Gasteiger partial charge is 0.221 e. The summed E-state index contributed by atoms with van der Waals surface area (Å²) in [5, 5.41) is 9.89. The number of H-pyrrole nitrogens is 1. The van der Waals surface area contributed by atoms with Gasteiger partial charge in [0.05, 0.1) is 12.7 Å². The minimum atomic E-state index is 0.600. The quantitative estimate of drug-likeness (QED) is 0.740. The number of hydrogen-bond acceptors (Lipinski definition) is 6. The predicted octanol–water partition coefficient (Wildman–Crippen LogP) is 0.956. The van der Waals surface area contributed by atoms with Crippen LogP contribution in [0.4, 0.5) is 5.82 Å². The Morgan fingerprint density at radius 3 is 2.89 bits per heavy atom. The van der Waals surface area contributed by atoms with Crippen LogP contribution in [0.15, 0.2) is 12.7 Å².